The maximum absolute atomic E-state index is 12.4. The summed E-state index contributed by atoms with van der Waals surface area (Å²) in [5.41, 5.74) is 4.42. The van der Waals surface area contributed by atoms with Crippen LogP contribution in [0, 0.1) is 6.92 Å². The zero-order chi connectivity index (χ0) is 17.8. The summed E-state index contributed by atoms with van der Waals surface area (Å²) >= 11 is 0. The minimum atomic E-state index is -0.461. The van der Waals surface area contributed by atoms with Crippen LogP contribution < -0.4 is 5.43 Å². The summed E-state index contributed by atoms with van der Waals surface area (Å²) in [6, 6.07) is 13.4. The van der Waals surface area contributed by atoms with Gasteiger partial charge in [0.2, 0.25) is 0 Å². The van der Waals surface area contributed by atoms with E-state index in [1.165, 1.54) is 18.3 Å². The Kier molecular flexibility index (Phi) is 4.47. The van der Waals surface area contributed by atoms with Gasteiger partial charge >= 0.3 is 0 Å². The number of nitrogens with zero attached hydrogens (tertiary/aromatic N) is 2. The molecule has 1 amide bonds. The van der Waals surface area contributed by atoms with Crippen LogP contribution in [0.2, 0.25) is 0 Å². The number of benzene rings is 2. The molecule has 0 atom stereocenters. The van der Waals surface area contributed by atoms with Crippen LogP contribution in [-0.2, 0) is 0 Å². The van der Waals surface area contributed by atoms with Crippen LogP contribution in [0.5, 0.6) is 11.5 Å². The summed E-state index contributed by atoms with van der Waals surface area (Å²) in [6.07, 6.45) is 1.35. The number of phenols is 2. The standard InChI is InChI=1S/C18H15N3O4/c1-11-16(17(21-25-11)13-5-3-2-4-6-13)18(24)20-19-10-12-7-8-14(22)15(23)9-12/h2-10,22-23H,1H3,(H,20,24)/b19-10+. The molecule has 0 fully saturated rings. The number of phenolic OH excluding ortho intramolecular Hbond substituents is 2. The highest BCUT2D eigenvalue weighted by atomic mass is 16.5. The summed E-state index contributed by atoms with van der Waals surface area (Å²) in [4.78, 5) is 12.4. The van der Waals surface area contributed by atoms with Crippen molar-refractivity contribution < 1.29 is 19.5 Å². The molecule has 0 saturated carbocycles. The molecule has 1 heterocycles. The number of hydrogen-bond acceptors (Lipinski definition) is 6. The van der Waals surface area contributed by atoms with Gasteiger partial charge in [-0.1, -0.05) is 35.5 Å². The van der Waals surface area contributed by atoms with Gasteiger partial charge < -0.3 is 14.7 Å². The van der Waals surface area contributed by atoms with Gasteiger partial charge in [0.15, 0.2) is 11.5 Å². The first-order valence-corrected chi connectivity index (χ1v) is 7.43. The molecule has 7 heteroatoms. The molecule has 7 nitrogen and oxygen atoms in total. The van der Waals surface area contributed by atoms with E-state index in [0.717, 1.165) is 5.56 Å². The van der Waals surface area contributed by atoms with Crippen molar-refractivity contribution >= 4 is 12.1 Å². The Hall–Kier alpha value is -3.61. The van der Waals surface area contributed by atoms with E-state index in [-0.39, 0.29) is 11.5 Å². The summed E-state index contributed by atoms with van der Waals surface area (Å²) in [6.45, 7) is 1.65. The summed E-state index contributed by atoms with van der Waals surface area (Å²) in [5.74, 6) is -0.573. The number of carbonyl (C=O) groups is 1. The molecule has 0 aliphatic rings. The van der Waals surface area contributed by atoms with Crippen LogP contribution in [0.4, 0.5) is 0 Å². The summed E-state index contributed by atoms with van der Waals surface area (Å²) < 4.78 is 5.14. The van der Waals surface area contributed by atoms with Crippen LogP contribution in [0.25, 0.3) is 11.3 Å². The maximum Gasteiger partial charge on any atom is 0.277 e. The van der Waals surface area contributed by atoms with Gasteiger partial charge in [-0.3, -0.25) is 4.79 Å². The highest BCUT2D eigenvalue weighted by Gasteiger charge is 2.21. The maximum atomic E-state index is 12.4. The van der Waals surface area contributed by atoms with Gasteiger partial charge in [-0.15, -0.1) is 0 Å². The first-order valence-electron chi connectivity index (χ1n) is 7.43. The Balaban J connectivity index is 1.79. The van der Waals surface area contributed by atoms with Gasteiger partial charge in [-0.25, -0.2) is 5.43 Å². The largest absolute Gasteiger partial charge is 0.504 e. The topological polar surface area (TPSA) is 108 Å². The number of hydrogen-bond donors (Lipinski definition) is 3. The lowest BCUT2D eigenvalue weighted by atomic mass is 10.1. The van der Waals surface area contributed by atoms with E-state index >= 15 is 0 Å². The van der Waals surface area contributed by atoms with Crippen molar-refractivity contribution in [3.05, 3.63) is 65.4 Å². The molecule has 2 aromatic carbocycles. The second kappa shape index (κ2) is 6.88. The second-order valence-electron chi connectivity index (χ2n) is 5.28. The predicted octanol–water partition coefficient (Wildman–Crippen LogP) is 2.83. The number of amides is 1. The molecule has 1 aromatic heterocycles. The number of aromatic nitrogens is 1. The number of aryl methyl sites for hydroxylation is 1. The second-order valence-corrected chi connectivity index (χ2v) is 5.28. The Morgan fingerprint density at radius 2 is 1.92 bits per heavy atom. The molecule has 0 aliphatic heterocycles. The normalized spacial score (nSPS) is 10.9. The van der Waals surface area contributed by atoms with E-state index in [1.807, 2.05) is 30.3 Å². The van der Waals surface area contributed by atoms with Gasteiger partial charge in [0.25, 0.3) is 5.91 Å². The molecule has 126 valence electrons. The first kappa shape index (κ1) is 16.3. The minimum Gasteiger partial charge on any atom is -0.504 e. The van der Waals surface area contributed by atoms with Crippen LogP contribution in [0.1, 0.15) is 21.7 Å². The van der Waals surface area contributed by atoms with E-state index in [9.17, 15) is 15.0 Å². The lowest BCUT2D eigenvalue weighted by molar-refractivity contribution is 0.0954. The van der Waals surface area contributed by atoms with E-state index in [0.29, 0.717) is 22.6 Å². The van der Waals surface area contributed by atoms with E-state index in [4.69, 9.17) is 4.52 Å². The fourth-order valence-electron chi connectivity index (χ4n) is 2.27. The quantitative estimate of drug-likeness (QED) is 0.385. The number of rotatable bonds is 4. The zero-order valence-electron chi connectivity index (χ0n) is 13.3. The van der Waals surface area contributed by atoms with Crippen molar-refractivity contribution in [2.24, 2.45) is 5.10 Å². The third kappa shape index (κ3) is 3.50. The Bertz CT molecular complexity index is 933. The van der Waals surface area contributed by atoms with Gasteiger partial charge in [-0.05, 0) is 30.7 Å². The van der Waals surface area contributed by atoms with Crippen LogP contribution in [0.3, 0.4) is 0 Å². The van der Waals surface area contributed by atoms with Gasteiger partial charge in [0.05, 0.1) is 6.21 Å². The van der Waals surface area contributed by atoms with Crippen LogP contribution >= 0.6 is 0 Å². The fourth-order valence-corrected chi connectivity index (χ4v) is 2.27. The van der Waals surface area contributed by atoms with Gasteiger partial charge in [0.1, 0.15) is 17.0 Å². The Labute approximate surface area is 143 Å². The summed E-state index contributed by atoms with van der Waals surface area (Å²) in [7, 11) is 0. The smallest absolute Gasteiger partial charge is 0.277 e. The average Bonchev–Trinajstić information content (AvgIpc) is 3.00. The van der Waals surface area contributed by atoms with Crippen molar-refractivity contribution in [1.29, 1.82) is 0 Å². The predicted molar refractivity (Wildman–Crippen MR) is 91.5 cm³/mol. The monoisotopic (exact) mass is 337 g/mol. The third-order valence-electron chi connectivity index (χ3n) is 3.52. The molecule has 0 spiro atoms. The molecule has 0 radical (unpaired) electrons. The highest BCUT2D eigenvalue weighted by molar-refractivity contribution is 6.01. The highest BCUT2D eigenvalue weighted by Crippen LogP contribution is 2.25. The van der Waals surface area contributed by atoms with Gasteiger partial charge in [0, 0.05) is 5.56 Å². The molecule has 0 saturated heterocycles. The molecular weight excluding hydrogens is 322 g/mol. The lowest BCUT2D eigenvalue weighted by Crippen LogP contribution is -2.18. The fraction of sp³-hybridized carbons (Fsp3) is 0.0556. The Morgan fingerprint density at radius 1 is 1.16 bits per heavy atom. The molecule has 0 bridgehead atoms. The van der Waals surface area contributed by atoms with Crippen molar-refractivity contribution in [3.8, 4) is 22.8 Å². The number of carbonyl (C=O) groups excluding carboxylic acids is 1. The number of aromatic hydroxyl groups is 2. The third-order valence-corrected chi connectivity index (χ3v) is 3.52. The van der Waals surface area contributed by atoms with Crippen molar-refractivity contribution in [2.75, 3.05) is 0 Å². The first-order chi connectivity index (χ1) is 12.1. The molecule has 0 aliphatic carbocycles. The van der Waals surface area contributed by atoms with Crippen molar-refractivity contribution in [1.82, 2.24) is 10.6 Å². The SMILES string of the molecule is Cc1onc(-c2ccccc2)c1C(=O)N/N=C/c1ccc(O)c(O)c1. The average molecular weight is 337 g/mol. The van der Waals surface area contributed by atoms with E-state index in [1.54, 1.807) is 13.0 Å². The number of nitrogens with one attached hydrogen (secondary N) is 1. The number of hydrazone groups is 1. The van der Waals surface area contributed by atoms with Crippen molar-refractivity contribution in [3.63, 3.8) is 0 Å². The molecule has 25 heavy (non-hydrogen) atoms. The van der Waals surface area contributed by atoms with Crippen LogP contribution in [-0.4, -0.2) is 27.5 Å². The van der Waals surface area contributed by atoms with Crippen LogP contribution in [0.15, 0.2) is 58.2 Å². The molecular formula is C18H15N3O4. The minimum absolute atomic E-state index is 0.228. The van der Waals surface area contributed by atoms with Gasteiger partial charge in [-0.2, -0.15) is 5.10 Å². The summed E-state index contributed by atoms with van der Waals surface area (Å²) in [5, 5.41) is 26.5. The molecule has 3 N–H and O–H groups in total. The molecule has 3 rings (SSSR count). The molecule has 3 aromatic rings. The van der Waals surface area contributed by atoms with E-state index in [2.05, 4.69) is 15.7 Å². The molecule has 0 unspecified atom stereocenters. The Morgan fingerprint density at radius 3 is 2.64 bits per heavy atom. The van der Waals surface area contributed by atoms with E-state index < -0.39 is 5.91 Å². The zero-order valence-corrected chi connectivity index (χ0v) is 13.3. The van der Waals surface area contributed by atoms with Crippen molar-refractivity contribution in [2.45, 2.75) is 6.92 Å². The lowest BCUT2D eigenvalue weighted by Gasteiger charge is -2.02.